The molecule has 0 aromatic heterocycles. The van der Waals surface area contributed by atoms with Crippen molar-refractivity contribution in [1.82, 2.24) is 4.90 Å². The first kappa shape index (κ1) is 24.0. The number of nitrogens with zero attached hydrogens (tertiary/aromatic N) is 1. The van der Waals surface area contributed by atoms with Crippen molar-refractivity contribution < 1.29 is 33.6 Å². The summed E-state index contributed by atoms with van der Waals surface area (Å²) in [4.78, 5) is 26.5. The van der Waals surface area contributed by atoms with Crippen LogP contribution in [0.1, 0.15) is 37.4 Å². The van der Waals surface area contributed by atoms with Crippen LogP contribution in [-0.4, -0.2) is 56.0 Å². The molecule has 1 atom stereocenters. The maximum Gasteiger partial charge on any atom is 0.322 e. The fourth-order valence-corrected chi connectivity index (χ4v) is 3.97. The standard InChI is InChI=1S/C24H30N2O7/c1-5-32-21-11-15-9-10-26(19(14-23(27)28)17(15)13-22(21)33-6-2)24(29)25-18-12-16(30-3)7-8-20(18)31-4/h7-8,11-13,19H,5-6,9-10,14H2,1-4H3,(H,25,29)(H,27,28)/t19-/m0/s1. The van der Waals surface area contributed by atoms with Gasteiger partial charge in [-0.3, -0.25) is 4.79 Å². The quantitative estimate of drug-likeness (QED) is 0.582. The number of anilines is 1. The molecule has 0 saturated heterocycles. The molecule has 0 bridgehead atoms. The zero-order valence-electron chi connectivity index (χ0n) is 19.3. The molecule has 0 aliphatic carbocycles. The van der Waals surface area contributed by atoms with Crippen LogP contribution in [0.4, 0.5) is 10.5 Å². The van der Waals surface area contributed by atoms with E-state index in [-0.39, 0.29) is 6.42 Å². The minimum atomic E-state index is -1.00. The number of nitrogens with one attached hydrogen (secondary N) is 1. The third kappa shape index (κ3) is 5.42. The van der Waals surface area contributed by atoms with Crippen molar-refractivity contribution in [3.8, 4) is 23.0 Å². The molecule has 2 N–H and O–H groups in total. The number of hydrogen-bond donors (Lipinski definition) is 2. The van der Waals surface area contributed by atoms with Crippen molar-refractivity contribution in [2.24, 2.45) is 0 Å². The SMILES string of the molecule is CCOc1cc2c(cc1OCC)[C@H](CC(=O)O)N(C(=O)Nc1cc(OC)ccc1OC)CC2. The Bertz CT molecular complexity index is 1010. The molecule has 0 unspecified atom stereocenters. The number of hydrogen-bond acceptors (Lipinski definition) is 6. The lowest BCUT2D eigenvalue weighted by molar-refractivity contribution is -0.138. The third-order valence-electron chi connectivity index (χ3n) is 5.44. The highest BCUT2D eigenvalue weighted by molar-refractivity contribution is 5.92. The van der Waals surface area contributed by atoms with E-state index >= 15 is 0 Å². The molecule has 33 heavy (non-hydrogen) atoms. The molecule has 1 heterocycles. The monoisotopic (exact) mass is 458 g/mol. The van der Waals surface area contributed by atoms with Crippen LogP contribution in [0.15, 0.2) is 30.3 Å². The van der Waals surface area contributed by atoms with E-state index < -0.39 is 18.0 Å². The molecule has 9 heteroatoms. The molecule has 3 rings (SSSR count). The fraction of sp³-hybridized carbons (Fsp3) is 0.417. The van der Waals surface area contributed by atoms with Gasteiger partial charge in [0, 0.05) is 12.6 Å². The van der Waals surface area contributed by atoms with Gasteiger partial charge < -0.3 is 34.3 Å². The molecule has 0 radical (unpaired) electrons. The maximum absolute atomic E-state index is 13.3. The topological polar surface area (TPSA) is 107 Å². The van der Waals surface area contributed by atoms with Crippen LogP contribution in [0.25, 0.3) is 0 Å². The highest BCUT2D eigenvalue weighted by atomic mass is 16.5. The van der Waals surface area contributed by atoms with E-state index in [9.17, 15) is 14.7 Å². The van der Waals surface area contributed by atoms with E-state index in [1.807, 2.05) is 19.9 Å². The minimum Gasteiger partial charge on any atom is -0.497 e. The first-order valence-corrected chi connectivity index (χ1v) is 10.9. The Balaban J connectivity index is 1.96. The first-order chi connectivity index (χ1) is 15.9. The van der Waals surface area contributed by atoms with E-state index in [0.717, 1.165) is 11.1 Å². The molecule has 0 spiro atoms. The Hall–Kier alpha value is -3.62. The summed E-state index contributed by atoms with van der Waals surface area (Å²) in [5, 5.41) is 12.4. The number of rotatable bonds is 9. The Morgan fingerprint density at radius 1 is 1.03 bits per heavy atom. The van der Waals surface area contributed by atoms with Gasteiger partial charge in [0.05, 0.1) is 45.6 Å². The lowest BCUT2D eigenvalue weighted by Gasteiger charge is -2.37. The molecular formula is C24H30N2O7. The Morgan fingerprint density at radius 2 is 1.73 bits per heavy atom. The predicted octanol–water partition coefficient (Wildman–Crippen LogP) is 4.11. The smallest absolute Gasteiger partial charge is 0.322 e. The third-order valence-corrected chi connectivity index (χ3v) is 5.44. The molecule has 178 valence electrons. The summed E-state index contributed by atoms with van der Waals surface area (Å²) < 4.78 is 22.0. The van der Waals surface area contributed by atoms with Gasteiger partial charge in [0.1, 0.15) is 11.5 Å². The zero-order chi connectivity index (χ0) is 24.0. The zero-order valence-corrected chi connectivity index (χ0v) is 19.3. The fourth-order valence-electron chi connectivity index (χ4n) is 3.97. The molecule has 2 aromatic carbocycles. The summed E-state index contributed by atoms with van der Waals surface area (Å²) >= 11 is 0. The van der Waals surface area contributed by atoms with Gasteiger partial charge >= 0.3 is 12.0 Å². The van der Waals surface area contributed by atoms with Gasteiger partial charge in [0.15, 0.2) is 11.5 Å². The predicted molar refractivity (Wildman–Crippen MR) is 123 cm³/mol. The Kier molecular flexibility index (Phi) is 7.87. The van der Waals surface area contributed by atoms with Crippen LogP contribution in [0.2, 0.25) is 0 Å². The van der Waals surface area contributed by atoms with E-state index in [1.165, 1.54) is 19.1 Å². The second kappa shape index (κ2) is 10.8. The molecule has 0 saturated carbocycles. The molecule has 2 aromatic rings. The van der Waals surface area contributed by atoms with Gasteiger partial charge in [0.2, 0.25) is 0 Å². The van der Waals surface area contributed by atoms with Crippen molar-refractivity contribution in [3.63, 3.8) is 0 Å². The number of urea groups is 1. The second-order valence-corrected chi connectivity index (χ2v) is 7.42. The maximum atomic E-state index is 13.3. The number of carboxylic acid groups (broad SMARTS) is 1. The normalized spacial score (nSPS) is 14.8. The van der Waals surface area contributed by atoms with Crippen molar-refractivity contribution in [2.45, 2.75) is 32.7 Å². The van der Waals surface area contributed by atoms with Crippen LogP contribution >= 0.6 is 0 Å². The number of aliphatic carboxylic acids is 1. The van der Waals surface area contributed by atoms with E-state index in [1.54, 1.807) is 24.3 Å². The second-order valence-electron chi connectivity index (χ2n) is 7.42. The number of carbonyl (C=O) groups excluding carboxylic acids is 1. The van der Waals surface area contributed by atoms with Gasteiger partial charge in [-0.25, -0.2) is 4.79 Å². The number of fused-ring (bicyclic) bond motifs is 1. The lowest BCUT2D eigenvalue weighted by Crippen LogP contribution is -2.43. The van der Waals surface area contributed by atoms with Crippen LogP contribution in [0.3, 0.4) is 0 Å². The lowest BCUT2D eigenvalue weighted by atomic mass is 9.90. The summed E-state index contributed by atoms with van der Waals surface area (Å²) in [6.45, 7) is 5.02. The molecule has 0 fully saturated rings. The van der Waals surface area contributed by atoms with Crippen LogP contribution < -0.4 is 24.3 Å². The summed E-state index contributed by atoms with van der Waals surface area (Å²) in [6, 6.07) is 7.66. The van der Waals surface area contributed by atoms with Crippen molar-refractivity contribution in [1.29, 1.82) is 0 Å². The first-order valence-electron chi connectivity index (χ1n) is 10.9. The highest BCUT2D eigenvalue weighted by Gasteiger charge is 2.34. The van der Waals surface area contributed by atoms with Gasteiger partial charge in [-0.1, -0.05) is 0 Å². The van der Waals surface area contributed by atoms with Crippen molar-refractivity contribution in [3.05, 3.63) is 41.5 Å². The average Bonchev–Trinajstić information content (AvgIpc) is 2.79. The summed E-state index contributed by atoms with van der Waals surface area (Å²) in [7, 11) is 3.04. The van der Waals surface area contributed by atoms with Gasteiger partial charge in [-0.15, -0.1) is 0 Å². The number of carboxylic acids is 1. The van der Waals surface area contributed by atoms with E-state index in [0.29, 0.717) is 54.9 Å². The molecule has 1 aliphatic heterocycles. The number of ether oxygens (including phenoxy) is 4. The van der Waals surface area contributed by atoms with Crippen LogP contribution in [0.5, 0.6) is 23.0 Å². The summed E-state index contributed by atoms with van der Waals surface area (Å²) in [6.07, 6.45) is 0.315. The summed E-state index contributed by atoms with van der Waals surface area (Å²) in [5.74, 6) is 1.17. The van der Waals surface area contributed by atoms with Gasteiger partial charge in [-0.05, 0) is 55.7 Å². The van der Waals surface area contributed by atoms with E-state index in [4.69, 9.17) is 18.9 Å². The molecular weight excluding hydrogens is 428 g/mol. The Morgan fingerprint density at radius 3 is 2.33 bits per heavy atom. The van der Waals surface area contributed by atoms with E-state index in [2.05, 4.69) is 5.32 Å². The van der Waals surface area contributed by atoms with Crippen molar-refractivity contribution in [2.75, 3.05) is 39.3 Å². The minimum absolute atomic E-state index is 0.241. The summed E-state index contributed by atoms with van der Waals surface area (Å²) in [5.41, 5.74) is 2.11. The van der Waals surface area contributed by atoms with Crippen LogP contribution in [0, 0.1) is 0 Å². The highest BCUT2D eigenvalue weighted by Crippen LogP contribution is 2.40. The molecule has 1 aliphatic rings. The van der Waals surface area contributed by atoms with Crippen LogP contribution in [-0.2, 0) is 11.2 Å². The number of benzene rings is 2. The average molecular weight is 459 g/mol. The number of carbonyl (C=O) groups is 2. The van der Waals surface area contributed by atoms with Crippen molar-refractivity contribution >= 4 is 17.7 Å². The number of methoxy groups -OCH3 is 2. The number of amides is 2. The Labute approximate surface area is 193 Å². The largest absolute Gasteiger partial charge is 0.497 e. The van der Waals surface area contributed by atoms with Gasteiger partial charge in [-0.2, -0.15) is 0 Å². The molecule has 2 amide bonds. The molecule has 9 nitrogen and oxygen atoms in total. The van der Waals surface area contributed by atoms with Gasteiger partial charge in [0.25, 0.3) is 0 Å².